The number of piperidine rings is 1. The number of allylic oxidation sites excluding steroid dienone is 2. The molecule has 30 heavy (non-hydrogen) atoms. The quantitative estimate of drug-likeness (QED) is 0.711. The number of aliphatic carboxylic acids is 2. The van der Waals surface area contributed by atoms with E-state index < -0.39 is 23.4 Å². The number of carboxylic acid groups (broad SMARTS) is 2. The van der Waals surface area contributed by atoms with Gasteiger partial charge < -0.3 is 10.2 Å². The number of halogens is 1. The Bertz CT molecular complexity index is 901. The topological polar surface area (TPSA) is 94.9 Å². The van der Waals surface area contributed by atoms with Crippen LogP contribution in [-0.4, -0.2) is 51.5 Å². The number of carbonyl (C=O) groups is 3. The molecular weight excluding hydrogens is 389 g/mol. The number of hydrogen-bond donors (Lipinski definition) is 2. The van der Waals surface area contributed by atoms with E-state index in [-0.39, 0.29) is 29.5 Å². The van der Waals surface area contributed by atoms with E-state index in [1.54, 1.807) is 36.1 Å². The number of ketones is 1. The van der Waals surface area contributed by atoms with Crippen LogP contribution >= 0.6 is 0 Å². The largest absolute Gasteiger partial charge is 0.480 e. The van der Waals surface area contributed by atoms with Crippen LogP contribution in [0.15, 0.2) is 48.1 Å². The molecule has 2 unspecified atom stereocenters. The molecule has 1 aromatic rings. The first-order valence-electron chi connectivity index (χ1n) is 10.1. The van der Waals surface area contributed by atoms with Gasteiger partial charge in [-0.05, 0) is 30.9 Å². The van der Waals surface area contributed by atoms with E-state index in [1.807, 2.05) is 0 Å². The Morgan fingerprint density at radius 1 is 1.17 bits per heavy atom. The molecule has 1 saturated heterocycles. The average Bonchev–Trinajstić information content (AvgIpc) is 2.73. The normalized spacial score (nSPS) is 25.0. The van der Waals surface area contributed by atoms with Crippen LogP contribution < -0.4 is 0 Å². The number of Topliss-reactive ketones (excluding diaryl/α,β-unsaturated/α-hetero) is 1. The van der Waals surface area contributed by atoms with Crippen LogP contribution in [0.4, 0.5) is 4.39 Å². The fraction of sp³-hybridized carbons (Fsp3) is 0.435. The highest BCUT2D eigenvalue weighted by Gasteiger charge is 2.51. The van der Waals surface area contributed by atoms with Crippen LogP contribution in [0, 0.1) is 17.7 Å². The Labute approximate surface area is 174 Å². The van der Waals surface area contributed by atoms with Crippen molar-refractivity contribution in [1.82, 2.24) is 4.90 Å². The lowest BCUT2D eigenvalue weighted by molar-refractivity contribution is -0.152. The van der Waals surface area contributed by atoms with Crippen molar-refractivity contribution in [1.29, 1.82) is 0 Å². The summed E-state index contributed by atoms with van der Waals surface area (Å²) in [4.78, 5) is 38.2. The van der Waals surface area contributed by atoms with Crippen molar-refractivity contribution < 1.29 is 29.0 Å². The summed E-state index contributed by atoms with van der Waals surface area (Å²) in [6, 6.07) is 6.40. The molecule has 0 saturated carbocycles. The van der Waals surface area contributed by atoms with E-state index >= 15 is 0 Å². The molecule has 0 aromatic heterocycles. The fourth-order valence-electron chi connectivity index (χ4n) is 4.59. The van der Waals surface area contributed by atoms with E-state index in [9.17, 15) is 29.0 Å². The Balaban J connectivity index is 1.65. The van der Waals surface area contributed by atoms with E-state index in [1.165, 1.54) is 18.2 Å². The Hall–Kier alpha value is -2.80. The van der Waals surface area contributed by atoms with Crippen molar-refractivity contribution in [3.05, 3.63) is 59.4 Å². The molecule has 1 aromatic carbocycles. The van der Waals surface area contributed by atoms with Crippen LogP contribution in [-0.2, 0) is 20.8 Å². The molecule has 2 atom stereocenters. The molecule has 0 amide bonds. The first kappa shape index (κ1) is 21.9. The molecule has 1 fully saturated rings. The van der Waals surface area contributed by atoms with Crippen LogP contribution in [0.2, 0.25) is 0 Å². The van der Waals surface area contributed by atoms with Crippen molar-refractivity contribution in [2.75, 3.05) is 13.1 Å². The van der Waals surface area contributed by atoms with Crippen LogP contribution in [0.1, 0.15) is 31.7 Å². The number of benzene rings is 1. The number of carbonyl (C=O) groups excluding carboxylic acids is 1. The molecule has 1 aliphatic heterocycles. The molecule has 2 aliphatic rings. The summed E-state index contributed by atoms with van der Waals surface area (Å²) in [5.74, 6) is -3.41. The lowest BCUT2D eigenvalue weighted by Gasteiger charge is -2.46. The maximum Gasteiger partial charge on any atom is 0.331 e. The Kier molecular flexibility index (Phi) is 6.51. The Morgan fingerprint density at radius 2 is 1.83 bits per heavy atom. The van der Waals surface area contributed by atoms with Gasteiger partial charge in [0.2, 0.25) is 0 Å². The average molecular weight is 415 g/mol. The lowest BCUT2D eigenvalue weighted by atomic mass is 9.74. The number of aryl methyl sites for hydroxylation is 1. The van der Waals surface area contributed by atoms with E-state index in [2.05, 4.69) is 0 Å². The van der Waals surface area contributed by atoms with Crippen molar-refractivity contribution in [3.63, 3.8) is 0 Å². The van der Waals surface area contributed by atoms with Crippen molar-refractivity contribution in [2.24, 2.45) is 11.8 Å². The summed E-state index contributed by atoms with van der Waals surface area (Å²) >= 11 is 0. The van der Waals surface area contributed by atoms with Gasteiger partial charge in [0, 0.05) is 36.9 Å². The van der Waals surface area contributed by atoms with E-state index in [4.69, 9.17) is 0 Å². The molecule has 0 spiro atoms. The van der Waals surface area contributed by atoms with Crippen molar-refractivity contribution in [3.8, 4) is 0 Å². The van der Waals surface area contributed by atoms with Gasteiger partial charge in [-0.1, -0.05) is 43.4 Å². The summed E-state index contributed by atoms with van der Waals surface area (Å²) in [6.07, 6.45) is 6.06. The minimum absolute atomic E-state index is 0.0561. The van der Waals surface area contributed by atoms with Crippen LogP contribution in [0.25, 0.3) is 0 Å². The molecule has 0 bridgehead atoms. The fourth-order valence-corrected chi connectivity index (χ4v) is 4.59. The van der Waals surface area contributed by atoms with Crippen molar-refractivity contribution in [2.45, 2.75) is 38.1 Å². The summed E-state index contributed by atoms with van der Waals surface area (Å²) < 4.78 is 13.8. The standard InChI is InChI=1S/C23H26FNO5/c1-15-18(21(27)28)6-4-12-23(15,22(29)30)25-13-10-17(11-14-25)20(26)9-8-16-5-2-3-7-19(16)24/h2-7,12,15,17H,8-11,13-14H2,1H3,(H,27,28)(H,29,30). The third-order valence-corrected chi connectivity index (χ3v) is 6.41. The molecule has 3 rings (SSSR count). The number of nitrogens with zero attached hydrogens (tertiary/aromatic N) is 1. The maximum absolute atomic E-state index is 13.8. The smallest absolute Gasteiger partial charge is 0.331 e. The second-order valence-corrected chi connectivity index (χ2v) is 7.96. The van der Waals surface area contributed by atoms with Gasteiger partial charge >= 0.3 is 11.9 Å². The number of likely N-dealkylation sites (tertiary alicyclic amines) is 1. The lowest BCUT2D eigenvalue weighted by Crippen LogP contribution is -2.61. The van der Waals surface area contributed by atoms with Crippen LogP contribution in [0.3, 0.4) is 0 Å². The third-order valence-electron chi connectivity index (χ3n) is 6.41. The highest BCUT2D eigenvalue weighted by molar-refractivity contribution is 5.93. The summed E-state index contributed by atoms with van der Waals surface area (Å²) in [5, 5.41) is 19.4. The number of hydrogen-bond acceptors (Lipinski definition) is 4. The van der Waals surface area contributed by atoms with E-state index in [0.29, 0.717) is 37.9 Å². The number of carboxylic acids is 2. The molecular formula is C23H26FNO5. The van der Waals surface area contributed by atoms with E-state index in [0.717, 1.165) is 0 Å². The summed E-state index contributed by atoms with van der Waals surface area (Å²) in [5.41, 5.74) is -0.867. The summed E-state index contributed by atoms with van der Waals surface area (Å²) in [6.45, 7) is 2.37. The Morgan fingerprint density at radius 3 is 2.43 bits per heavy atom. The summed E-state index contributed by atoms with van der Waals surface area (Å²) in [7, 11) is 0. The molecule has 7 heteroatoms. The van der Waals surface area contributed by atoms with Gasteiger partial charge in [0.15, 0.2) is 0 Å². The highest BCUT2D eigenvalue weighted by Crippen LogP contribution is 2.38. The first-order chi connectivity index (χ1) is 14.3. The van der Waals surface area contributed by atoms with Gasteiger partial charge in [0.25, 0.3) is 0 Å². The second-order valence-electron chi connectivity index (χ2n) is 7.96. The zero-order valence-electron chi connectivity index (χ0n) is 16.9. The monoisotopic (exact) mass is 415 g/mol. The first-order valence-corrected chi connectivity index (χ1v) is 10.1. The van der Waals surface area contributed by atoms with Crippen LogP contribution in [0.5, 0.6) is 0 Å². The van der Waals surface area contributed by atoms with Gasteiger partial charge in [-0.2, -0.15) is 0 Å². The van der Waals surface area contributed by atoms with Gasteiger partial charge in [0.05, 0.1) is 0 Å². The molecule has 0 radical (unpaired) electrons. The minimum Gasteiger partial charge on any atom is -0.480 e. The molecule has 6 nitrogen and oxygen atoms in total. The molecule has 1 aliphatic carbocycles. The van der Waals surface area contributed by atoms with Gasteiger partial charge in [0.1, 0.15) is 17.1 Å². The second kappa shape index (κ2) is 8.92. The van der Waals surface area contributed by atoms with Crippen molar-refractivity contribution >= 4 is 17.7 Å². The van der Waals surface area contributed by atoms with Gasteiger partial charge in [-0.15, -0.1) is 0 Å². The predicted octanol–water partition coefficient (Wildman–Crippen LogP) is 3.08. The van der Waals surface area contributed by atoms with Gasteiger partial charge in [-0.25, -0.2) is 14.0 Å². The maximum atomic E-state index is 13.8. The molecule has 2 N–H and O–H groups in total. The highest BCUT2D eigenvalue weighted by atomic mass is 19.1. The van der Waals surface area contributed by atoms with Gasteiger partial charge in [-0.3, -0.25) is 9.69 Å². The SMILES string of the molecule is CC1C(C(=O)O)=CC=CC1(C(=O)O)N1CCC(C(=O)CCc2ccccc2F)CC1. The molecule has 1 heterocycles. The number of rotatable bonds is 7. The predicted molar refractivity (Wildman–Crippen MR) is 108 cm³/mol. The zero-order valence-corrected chi connectivity index (χ0v) is 16.9. The third kappa shape index (κ3) is 4.07. The molecule has 160 valence electrons. The zero-order chi connectivity index (χ0) is 21.9. The minimum atomic E-state index is -1.44.